The monoisotopic (exact) mass is 691 g/mol. The Bertz CT molecular complexity index is 2740. The van der Waals surface area contributed by atoms with E-state index in [0.29, 0.717) is 24.5 Å². The minimum absolute atomic E-state index is 0.0930. The predicted octanol–water partition coefficient (Wildman–Crippen LogP) is 8.68. The molecule has 2 aliphatic rings. The molecule has 8 aromatic rings. The fourth-order valence-electron chi connectivity index (χ4n) is 9.20. The zero-order valence-corrected chi connectivity index (χ0v) is 29.1. The van der Waals surface area contributed by atoms with E-state index in [1.807, 2.05) is 47.0 Å². The number of benzene rings is 5. The van der Waals surface area contributed by atoms with Crippen molar-refractivity contribution in [3.63, 3.8) is 0 Å². The first-order valence-electron chi connectivity index (χ1n) is 17.7. The summed E-state index contributed by atoms with van der Waals surface area (Å²) in [6.45, 7) is 0.508. The minimum Gasteiger partial charge on any atom is -0.497 e. The van der Waals surface area contributed by atoms with Crippen molar-refractivity contribution < 1.29 is 28.8 Å². The Labute approximate surface area is 299 Å². The first-order valence-corrected chi connectivity index (χ1v) is 17.7. The highest BCUT2D eigenvalue weighted by Crippen LogP contribution is 2.55. The Hall–Kier alpha value is -6.09. The maximum atomic E-state index is 13.7. The number of esters is 1. The highest BCUT2D eigenvalue weighted by molar-refractivity contribution is 6.37. The average molecular weight is 692 g/mol. The topological polar surface area (TPSA) is 89.0 Å². The van der Waals surface area contributed by atoms with Crippen LogP contribution >= 0.6 is 0 Å². The minimum atomic E-state index is -0.343. The summed E-state index contributed by atoms with van der Waals surface area (Å²) in [7, 11) is 4.85. The maximum absolute atomic E-state index is 13.7. The lowest BCUT2D eigenvalue weighted by Gasteiger charge is -2.24. The third-order valence-corrected chi connectivity index (χ3v) is 11.3. The first-order chi connectivity index (χ1) is 25.5. The fourth-order valence-corrected chi connectivity index (χ4v) is 9.20. The zero-order chi connectivity index (χ0) is 35.2. The summed E-state index contributed by atoms with van der Waals surface area (Å²) in [5, 5.41) is 18.4. The van der Waals surface area contributed by atoms with Gasteiger partial charge in [-0.15, -0.1) is 0 Å². The molecule has 1 fully saturated rings. The van der Waals surface area contributed by atoms with Crippen LogP contribution in [-0.2, 0) is 22.5 Å². The van der Waals surface area contributed by atoms with Crippen molar-refractivity contribution in [1.29, 1.82) is 0 Å². The van der Waals surface area contributed by atoms with E-state index in [0.717, 1.165) is 72.2 Å². The number of hydrogen-bond acceptors (Lipinski definition) is 6. The number of aromatic hydroxyl groups is 1. The second kappa shape index (κ2) is 11.5. The molecule has 0 saturated heterocycles. The van der Waals surface area contributed by atoms with Crippen LogP contribution in [0.15, 0.2) is 97.2 Å². The van der Waals surface area contributed by atoms with Gasteiger partial charge in [-0.05, 0) is 53.9 Å². The normalized spacial score (nSPS) is 17.9. The van der Waals surface area contributed by atoms with Crippen LogP contribution in [0.4, 0.5) is 0 Å². The summed E-state index contributed by atoms with van der Waals surface area (Å²) in [6, 6.07) is 30.5. The van der Waals surface area contributed by atoms with Crippen LogP contribution in [0.3, 0.4) is 0 Å². The summed E-state index contributed by atoms with van der Waals surface area (Å²) < 4.78 is 29.6. The molecule has 0 unspecified atom stereocenters. The Morgan fingerprint density at radius 3 is 2.12 bits per heavy atom. The number of carbonyl (C=O) groups excluding carboxylic acids is 1. The number of fused-ring (bicyclic) bond motifs is 13. The number of hydrogen-bond donors (Lipinski definition) is 1. The van der Waals surface area contributed by atoms with Crippen molar-refractivity contribution in [2.75, 3.05) is 21.3 Å². The molecule has 1 aliphatic heterocycles. The van der Waals surface area contributed by atoms with E-state index < -0.39 is 0 Å². The van der Waals surface area contributed by atoms with Gasteiger partial charge in [0.2, 0.25) is 0 Å². The standard InChI is InChI=1S/C43H37N3O6/c1-49-27-15-12-24(13-16-27)22-44-23-30-38-28-8-4-6-10-31(28)45-26-20-33(35(21-26)52-37(47)19-25-14-17-34(50-2)36(18-25)51-3)46-32-11-7-5-9-29(32)39(40(30)43(44)48)42(46)41(38)45/h4-18,23,26,33,35,48H,19-22H2,1-3H3/t26-,33+,35+/m1/s1. The largest absolute Gasteiger partial charge is 0.497 e. The third kappa shape index (κ3) is 4.31. The number of carbonyl (C=O) groups is 1. The van der Waals surface area contributed by atoms with Gasteiger partial charge < -0.3 is 37.8 Å². The van der Waals surface area contributed by atoms with Gasteiger partial charge >= 0.3 is 5.97 Å². The second-order valence-electron chi connectivity index (χ2n) is 14.0. The Balaban J connectivity index is 1.17. The molecule has 1 N–H and O–H groups in total. The molecule has 5 aromatic carbocycles. The van der Waals surface area contributed by atoms with E-state index in [1.165, 1.54) is 5.52 Å². The van der Waals surface area contributed by atoms with E-state index >= 15 is 0 Å². The SMILES string of the molecule is COc1ccc(Cn2cc3c(c2O)c2c4ccccc4n4c2c2c3c3ccccc3n2[C@H]2C[C@H](OC(=O)Cc3ccc(OC)c(OC)c3)[C@@H]4C2)cc1. The molecule has 0 spiro atoms. The van der Waals surface area contributed by atoms with Crippen LogP contribution in [0.2, 0.25) is 0 Å². The molecule has 10 rings (SSSR count). The smallest absolute Gasteiger partial charge is 0.310 e. The molecule has 260 valence electrons. The Kier molecular flexibility index (Phi) is 6.77. The Morgan fingerprint density at radius 1 is 0.712 bits per heavy atom. The second-order valence-corrected chi connectivity index (χ2v) is 14.0. The van der Waals surface area contributed by atoms with Gasteiger partial charge in [0.1, 0.15) is 11.9 Å². The number of ether oxygens (including phenoxy) is 4. The first kappa shape index (κ1) is 30.7. The molecule has 2 bridgehead atoms. The van der Waals surface area contributed by atoms with Gasteiger partial charge in [0, 0.05) is 56.6 Å². The van der Waals surface area contributed by atoms with Gasteiger partial charge in [-0.2, -0.15) is 0 Å². The highest BCUT2D eigenvalue weighted by Gasteiger charge is 2.44. The predicted molar refractivity (Wildman–Crippen MR) is 202 cm³/mol. The van der Waals surface area contributed by atoms with Gasteiger partial charge in [-0.25, -0.2) is 0 Å². The lowest BCUT2D eigenvalue weighted by Crippen LogP contribution is -2.26. The van der Waals surface area contributed by atoms with Gasteiger partial charge in [-0.3, -0.25) is 4.79 Å². The Morgan fingerprint density at radius 2 is 1.38 bits per heavy atom. The molecule has 3 atom stereocenters. The summed E-state index contributed by atoms with van der Waals surface area (Å²) in [6.07, 6.45) is 3.42. The van der Waals surface area contributed by atoms with E-state index in [9.17, 15) is 9.90 Å². The van der Waals surface area contributed by atoms with Crippen molar-refractivity contribution in [1.82, 2.24) is 13.7 Å². The molecule has 9 heteroatoms. The van der Waals surface area contributed by atoms with Gasteiger partial charge in [0.25, 0.3) is 0 Å². The van der Waals surface area contributed by atoms with Crippen LogP contribution < -0.4 is 14.2 Å². The van der Waals surface area contributed by atoms with Crippen molar-refractivity contribution in [2.24, 2.45) is 0 Å². The number of rotatable bonds is 8. The van der Waals surface area contributed by atoms with Crippen molar-refractivity contribution in [2.45, 2.75) is 44.0 Å². The average Bonchev–Trinajstić information content (AvgIpc) is 3.88. The molecular weight excluding hydrogens is 654 g/mol. The molecule has 0 radical (unpaired) electrons. The van der Waals surface area contributed by atoms with E-state index in [4.69, 9.17) is 18.9 Å². The van der Waals surface area contributed by atoms with E-state index in [2.05, 4.69) is 63.9 Å². The van der Waals surface area contributed by atoms with Gasteiger partial charge in [-0.1, -0.05) is 54.6 Å². The number of nitrogens with zero attached hydrogens (tertiary/aromatic N) is 3. The van der Waals surface area contributed by atoms with Crippen molar-refractivity contribution >= 4 is 60.4 Å². The molecule has 0 amide bonds. The van der Waals surface area contributed by atoms with Crippen LogP contribution in [0.5, 0.6) is 23.1 Å². The lowest BCUT2D eigenvalue weighted by atomic mass is 10.0. The molecule has 1 aliphatic carbocycles. The zero-order valence-electron chi connectivity index (χ0n) is 29.1. The number of methoxy groups -OCH3 is 3. The lowest BCUT2D eigenvalue weighted by molar-refractivity contribution is -0.149. The number of aromatic nitrogens is 3. The van der Waals surface area contributed by atoms with E-state index in [-0.39, 0.29) is 36.5 Å². The van der Waals surface area contributed by atoms with Crippen LogP contribution in [0.25, 0.3) is 54.4 Å². The van der Waals surface area contributed by atoms with Crippen LogP contribution in [0.1, 0.15) is 36.1 Å². The summed E-state index contributed by atoms with van der Waals surface area (Å²) >= 11 is 0. The van der Waals surface area contributed by atoms with Gasteiger partial charge in [0.15, 0.2) is 17.4 Å². The fraction of sp³-hybridized carbons (Fsp3) is 0.233. The van der Waals surface area contributed by atoms with Crippen molar-refractivity contribution in [3.8, 4) is 23.1 Å². The summed E-state index contributed by atoms with van der Waals surface area (Å²) in [5.74, 6) is 1.95. The molecule has 9 nitrogen and oxygen atoms in total. The molecule has 3 aromatic heterocycles. The maximum Gasteiger partial charge on any atom is 0.310 e. The molecule has 1 saturated carbocycles. The van der Waals surface area contributed by atoms with Crippen LogP contribution in [0, 0.1) is 0 Å². The quantitative estimate of drug-likeness (QED) is 0.161. The number of para-hydroxylation sites is 2. The van der Waals surface area contributed by atoms with Gasteiger partial charge in [0.05, 0.1) is 56.8 Å². The molecule has 52 heavy (non-hydrogen) atoms. The third-order valence-electron chi connectivity index (χ3n) is 11.3. The molecule has 4 heterocycles. The van der Waals surface area contributed by atoms with Crippen LogP contribution in [-0.4, -0.2) is 52.2 Å². The van der Waals surface area contributed by atoms with E-state index in [1.54, 1.807) is 21.3 Å². The van der Waals surface area contributed by atoms with Crippen molar-refractivity contribution in [3.05, 3.63) is 108 Å². The summed E-state index contributed by atoms with van der Waals surface area (Å²) in [5.41, 5.74) is 6.32. The molecular formula is C43H37N3O6. The highest BCUT2D eigenvalue weighted by atomic mass is 16.5. The summed E-state index contributed by atoms with van der Waals surface area (Å²) in [4.78, 5) is 13.7.